The van der Waals surface area contributed by atoms with E-state index in [0.29, 0.717) is 11.8 Å². The maximum atomic E-state index is 13.7. The van der Waals surface area contributed by atoms with E-state index >= 15 is 0 Å². The van der Waals surface area contributed by atoms with E-state index in [1.165, 1.54) is 23.4 Å². The topological polar surface area (TPSA) is 53.5 Å². The lowest BCUT2D eigenvalue weighted by molar-refractivity contribution is -0.137. The zero-order valence-electron chi connectivity index (χ0n) is 14.7. The van der Waals surface area contributed by atoms with Crippen LogP contribution in [0.1, 0.15) is 11.1 Å². The number of piperazine rings is 1. The van der Waals surface area contributed by atoms with Crippen molar-refractivity contribution < 1.29 is 26.0 Å². The molecule has 2 heterocycles. The van der Waals surface area contributed by atoms with E-state index in [4.69, 9.17) is 11.6 Å². The van der Waals surface area contributed by atoms with Crippen molar-refractivity contribution in [2.24, 2.45) is 0 Å². The fraction of sp³-hybridized carbons (Fsp3) is 0.353. The number of rotatable bonds is 3. The van der Waals surface area contributed by atoms with Crippen molar-refractivity contribution in [3.05, 3.63) is 52.4 Å². The molecule has 11 heteroatoms. The van der Waals surface area contributed by atoms with Crippen LogP contribution in [0.2, 0.25) is 5.02 Å². The minimum Gasteiger partial charge on any atom is -0.353 e. The average Bonchev–Trinajstić information content (AvgIpc) is 2.63. The molecule has 0 bridgehead atoms. The molecule has 28 heavy (non-hydrogen) atoms. The first-order chi connectivity index (χ1) is 13.0. The minimum absolute atomic E-state index is 0.0663. The van der Waals surface area contributed by atoms with Gasteiger partial charge in [-0.2, -0.15) is 17.5 Å². The quantitative estimate of drug-likeness (QED) is 0.687. The summed E-state index contributed by atoms with van der Waals surface area (Å²) in [7, 11) is -3.88. The molecule has 0 unspecified atom stereocenters. The van der Waals surface area contributed by atoms with Gasteiger partial charge in [0.1, 0.15) is 11.6 Å². The lowest BCUT2D eigenvalue weighted by Crippen LogP contribution is -2.49. The van der Waals surface area contributed by atoms with Gasteiger partial charge in [0.25, 0.3) is 0 Å². The highest BCUT2D eigenvalue weighted by atomic mass is 35.5. The zero-order chi connectivity index (χ0) is 20.7. The molecule has 1 fully saturated rings. The molecule has 0 amide bonds. The van der Waals surface area contributed by atoms with Crippen molar-refractivity contribution >= 4 is 27.4 Å². The standard InChI is InChI=1S/C17H16ClF4N3O2S/c1-11-2-3-13(9-15(11)19)28(26,27)25-6-4-24(5-7-25)16-14(18)8-12(10-23-16)17(20,21)22/h2-3,8-10H,4-7H2,1H3. The summed E-state index contributed by atoms with van der Waals surface area (Å²) >= 11 is 5.95. The van der Waals surface area contributed by atoms with Crippen LogP contribution in [-0.2, 0) is 16.2 Å². The summed E-state index contributed by atoms with van der Waals surface area (Å²) in [5, 5.41) is -0.160. The van der Waals surface area contributed by atoms with Gasteiger partial charge < -0.3 is 4.90 Å². The molecule has 0 spiro atoms. The Morgan fingerprint density at radius 3 is 2.29 bits per heavy atom. The number of anilines is 1. The second kappa shape index (κ2) is 7.49. The summed E-state index contributed by atoms with van der Waals surface area (Å²) in [5.74, 6) is -0.450. The zero-order valence-corrected chi connectivity index (χ0v) is 16.2. The summed E-state index contributed by atoms with van der Waals surface area (Å²) in [6.45, 7) is 2.04. The van der Waals surface area contributed by atoms with Gasteiger partial charge in [0, 0.05) is 32.4 Å². The molecule has 5 nitrogen and oxygen atoms in total. The number of benzene rings is 1. The molecule has 0 N–H and O–H groups in total. The Kier molecular flexibility index (Phi) is 5.57. The van der Waals surface area contributed by atoms with E-state index in [1.807, 2.05) is 0 Å². The predicted octanol–water partition coefficient (Wildman–Crippen LogP) is 3.71. The Morgan fingerprint density at radius 2 is 1.75 bits per heavy atom. The summed E-state index contributed by atoms with van der Waals surface area (Å²) in [6, 6.07) is 4.51. The van der Waals surface area contributed by atoms with Crippen LogP contribution < -0.4 is 4.90 Å². The highest BCUT2D eigenvalue weighted by Gasteiger charge is 2.33. The Morgan fingerprint density at radius 1 is 1.11 bits per heavy atom. The molecule has 3 rings (SSSR count). The molecular formula is C17H16ClF4N3O2S. The molecule has 0 radical (unpaired) electrons. The molecule has 0 atom stereocenters. The van der Waals surface area contributed by atoms with E-state index in [0.717, 1.165) is 12.1 Å². The van der Waals surface area contributed by atoms with E-state index in [-0.39, 0.29) is 41.9 Å². The van der Waals surface area contributed by atoms with Gasteiger partial charge in [0.2, 0.25) is 10.0 Å². The van der Waals surface area contributed by atoms with Crippen molar-refractivity contribution in [1.82, 2.24) is 9.29 Å². The van der Waals surface area contributed by atoms with Crippen LogP contribution in [0, 0.1) is 12.7 Å². The van der Waals surface area contributed by atoms with Gasteiger partial charge in [-0.25, -0.2) is 17.8 Å². The SMILES string of the molecule is Cc1ccc(S(=O)(=O)N2CCN(c3ncc(C(F)(F)F)cc3Cl)CC2)cc1F. The fourth-order valence-electron chi connectivity index (χ4n) is 2.84. The lowest BCUT2D eigenvalue weighted by Gasteiger charge is -2.35. The molecule has 1 aromatic carbocycles. The molecule has 0 aliphatic carbocycles. The van der Waals surface area contributed by atoms with Crippen molar-refractivity contribution in [2.75, 3.05) is 31.1 Å². The largest absolute Gasteiger partial charge is 0.417 e. The Balaban J connectivity index is 1.74. The van der Waals surface area contributed by atoms with Gasteiger partial charge in [-0.05, 0) is 30.7 Å². The van der Waals surface area contributed by atoms with Crippen LogP contribution in [0.4, 0.5) is 23.4 Å². The number of nitrogens with zero attached hydrogens (tertiary/aromatic N) is 3. The van der Waals surface area contributed by atoms with E-state index < -0.39 is 27.6 Å². The Labute approximate surface area is 164 Å². The first-order valence-corrected chi connectivity index (χ1v) is 10.1. The van der Waals surface area contributed by atoms with Gasteiger partial charge in [-0.15, -0.1) is 0 Å². The number of halogens is 5. The second-order valence-corrected chi connectivity index (χ2v) is 8.67. The summed E-state index contributed by atoms with van der Waals surface area (Å²) < 4.78 is 78.5. The highest BCUT2D eigenvalue weighted by molar-refractivity contribution is 7.89. The Bertz CT molecular complexity index is 990. The van der Waals surface area contributed by atoms with Crippen LogP contribution in [0.15, 0.2) is 35.4 Å². The second-order valence-electron chi connectivity index (χ2n) is 6.33. The number of aryl methyl sites for hydroxylation is 1. The molecule has 1 aliphatic heterocycles. The summed E-state index contributed by atoms with van der Waals surface area (Å²) in [6.07, 6.45) is -3.86. The van der Waals surface area contributed by atoms with E-state index in [2.05, 4.69) is 4.98 Å². The summed E-state index contributed by atoms with van der Waals surface area (Å²) in [5.41, 5.74) is -0.615. The van der Waals surface area contributed by atoms with Gasteiger partial charge in [0.15, 0.2) is 0 Å². The smallest absolute Gasteiger partial charge is 0.353 e. The first-order valence-electron chi connectivity index (χ1n) is 8.24. The third-order valence-corrected chi connectivity index (χ3v) is 6.64. The molecule has 2 aromatic rings. The Hall–Kier alpha value is -1.91. The number of hydrogen-bond acceptors (Lipinski definition) is 4. The number of pyridine rings is 1. The number of sulfonamides is 1. The van der Waals surface area contributed by atoms with Crippen LogP contribution >= 0.6 is 11.6 Å². The third kappa shape index (κ3) is 4.08. The maximum Gasteiger partial charge on any atom is 0.417 e. The normalized spacial score (nSPS) is 16.4. The molecule has 1 saturated heterocycles. The van der Waals surface area contributed by atoms with Crippen LogP contribution in [-0.4, -0.2) is 43.9 Å². The molecule has 152 valence electrons. The molecule has 0 saturated carbocycles. The van der Waals surface area contributed by atoms with Gasteiger partial charge in [-0.1, -0.05) is 17.7 Å². The van der Waals surface area contributed by atoms with Crippen molar-refractivity contribution in [2.45, 2.75) is 18.0 Å². The van der Waals surface area contributed by atoms with E-state index in [1.54, 1.807) is 4.90 Å². The summed E-state index contributed by atoms with van der Waals surface area (Å²) in [4.78, 5) is 5.26. The monoisotopic (exact) mass is 437 g/mol. The van der Waals surface area contributed by atoms with Gasteiger partial charge in [-0.3, -0.25) is 0 Å². The van der Waals surface area contributed by atoms with Crippen molar-refractivity contribution in [1.29, 1.82) is 0 Å². The van der Waals surface area contributed by atoms with Gasteiger partial charge >= 0.3 is 6.18 Å². The van der Waals surface area contributed by atoms with Crippen molar-refractivity contribution in [3.63, 3.8) is 0 Å². The third-order valence-electron chi connectivity index (χ3n) is 4.47. The lowest BCUT2D eigenvalue weighted by atomic mass is 10.2. The van der Waals surface area contributed by atoms with Gasteiger partial charge in [0.05, 0.1) is 15.5 Å². The van der Waals surface area contributed by atoms with Crippen molar-refractivity contribution in [3.8, 4) is 0 Å². The molecule has 1 aliphatic rings. The van der Waals surface area contributed by atoms with E-state index in [9.17, 15) is 26.0 Å². The number of aromatic nitrogens is 1. The van der Waals surface area contributed by atoms with Crippen LogP contribution in [0.3, 0.4) is 0 Å². The minimum atomic E-state index is -4.55. The number of hydrogen-bond donors (Lipinski definition) is 0. The highest BCUT2D eigenvalue weighted by Crippen LogP contribution is 2.34. The predicted molar refractivity (Wildman–Crippen MR) is 96.4 cm³/mol. The number of alkyl halides is 3. The fourth-order valence-corrected chi connectivity index (χ4v) is 4.56. The van der Waals surface area contributed by atoms with Crippen LogP contribution in [0.25, 0.3) is 0 Å². The van der Waals surface area contributed by atoms with Crippen LogP contribution in [0.5, 0.6) is 0 Å². The maximum absolute atomic E-state index is 13.7. The molecule has 1 aromatic heterocycles. The average molecular weight is 438 g/mol. The first kappa shape index (κ1) is 20.8. The molecular weight excluding hydrogens is 422 g/mol.